The minimum absolute atomic E-state index is 0.310. The van der Waals surface area contributed by atoms with E-state index in [1.807, 2.05) is 25.3 Å². The Morgan fingerprint density at radius 2 is 2.29 bits per heavy atom. The number of aromatic nitrogens is 2. The summed E-state index contributed by atoms with van der Waals surface area (Å²) in [5, 5.41) is 0. The molecule has 2 aromatic rings. The van der Waals surface area contributed by atoms with Gasteiger partial charge in [0.2, 0.25) is 0 Å². The molecule has 1 unspecified atom stereocenters. The van der Waals surface area contributed by atoms with E-state index in [9.17, 15) is 0 Å². The van der Waals surface area contributed by atoms with Gasteiger partial charge in [-0.15, -0.1) is 0 Å². The molecule has 0 aliphatic carbocycles. The molecule has 2 aromatic heterocycles. The largest absolute Gasteiger partial charge is 0.460 e. The highest BCUT2D eigenvalue weighted by atomic mass is 16.3. The van der Waals surface area contributed by atoms with Crippen LogP contribution in [0.25, 0.3) is 11.5 Å². The van der Waals surface area contributed by atoms with Crippen LogP contribution in [-0.4, -0.2) is 16.5 Å². The zero-order valence-electron chi connectivity index (χ0n) is 10.4. The van der Waals surface area contributed by atoms with Crippen LogP contribution < -0.4 is 5.73 Å². The fourth-order valence-corrected chi connectivity index (χ4v) is 1.96. The predicted molar refractivity (Wildman–Crippen MR) is 67.7 cm³/mol. The summed E-state index contributed by atoms with van der Waals surface area (Å²) >= 11 is 0. The number of nitrogens with one attached hydrogen (secondary N) is 1. The monoisotopic (exact) mass is 233 g/mol. The summed E-state index contributed by atoms with van der Waals surface area (Å²) in [7, 11) is 0. The van der Waals surface area contributed by atoms with Crippen molar-refractivity contribution in [3.8, 4) is 11.5 Å². The average Bonchev–Trinajstić information content (AvgIpc) is 2.94. The molecule has 4 nitrogen and oxygen atoms in total. The Morgan fingerprint density at radius 3 is 2.88 bits per heavy atom. The first kappa shape index (κ1) is 11.9. The molecule has 0 radical (unpaired) electrons. The SMILES string of the molecule is CCCC(CN)c1ncc(-c2ccc(C)o2)[nH]1. The molecule has 0 aliphatic heterocycles. The summed E-state index contributed by atoms with van der Waals surface area (Å²) in [5.74, 6) is 3.00. The normalized spacial score (nSPS) is 12.9. The van der Waals surface area contributed by atoms with E-state index < -0.39 is 0 Å². The molecule has 0 amide bonds. The second kappa shape index (κ2) is 5.19. The molecule has 17 heavy (non-hydrogen) atoms. The van der Waals surface area contributed by atoms with Crippen LogP contribution in [0.2, 0.25) is 0 Å². The van der Waals surface area contributed by atoms with Crippen LogP contribution in [0.5, 0.6) is 0 Å². The van der Waals surface area contributed by atoms with E-state index in [0.29, 0.717) is 12.5 Å². The van der Waals surface area contributed by atoms with Crippen molar-refractivity contribution in [2.24, 2.45) is 5.73 Å². The van der Waals surface area contributed by atoms with Gasteiger partial charge in [-0.25, -0.2) is 4.98 Å². The number of nitrogens with two attached hydrogens (primary N) is 1. The Hall–Kier alpha value is -1.55. The lowest BCUT2D eigenvalue weighted by Crippen LogP contribution is -2.13. The third kappa shape index (κ3) is 2.58. The Morgan fingerprint density at radius 1 is 1.47 bits per heavy atom. The molecule has 2 heterocycles. The summed E-state index contributed by atoms with van der Waals surface area (Å²) in [6.07, 6.45) is 3.98. The Bertz CT molecular complexity index is 472. The molecule has 0 saturated heterocycles. The van der Waals surface area contributed by atoms with Crippen molar-refractivity contribution >= 4 is 0 Å². The number of H-pyrrole nitrogens is 1. The lowest BCUT2D eigenvalue weighted by Gasteiger charge is -2.09. The number of hydrogen-bond acceptors (Lipinski definition) is 3. The minimum Gasteiger partial charge on any atom is -0.460 e. The lowest BCUT2D eigenvalue weighted by molar-refractivity contribution is 0.546. The van der Waals surface area contributed by atoms with Gasteiger partial charge in [-0.1, -0.05) is 13.3 Å². The van der Waals surface area contributed by atoms with Gasteiger partial charge in [0.1, 0.15) is 17.3 Å². The maximum atomic E-state index is 5.76. The van der Waals surface area contributed by atoms with E-state index in [1.165, 1.54) is 0 Å². The van der Waals surface area contributed by atoms with E-state index in [2.05, 4.69) is 16.9 Å². The third-order valence-electron chi connectivity index (χ3n) is 2.91. The molecule has 0 aliphatic rings. The van der Waals surface area contributed by atoms with Gasteiger partial charge in [0.15, 0.2) is 5.76 Å². The van der Waals surface area contributed by atoms with E-state index in [-0.39, 0.29) is 0 Å². The van der Waals surface area contributed by atoms with E-state index in [4.69, 9.17) is 10.2 Å². The van der Waals surface area contributed by atoms with Crippen molar-refractivity contribution in [2.45, 2.75) is 32.6 Å². The fraction of sp³-hybridized carbons (Fsp3) is 0.462. The van der Waals surface area contributed by atoms with Gasteiger partial charge in [-0.05, 0) is 25.5 Å². The molecule has 0 saturated carbocycles. The van der Waals surface area contributed by atoms with Crippen molar-refractivity contribution in [3.63, 3.8) is 0 Å². The summed E-state index contributed by atoms with van der Waals surface area (Å²) in [5.41, 5.74) is 6.68. The number of nitrogens with zero attached hydrogens (tertiary/aromatic N) is 1. The smallest absolute Gasteiger partial charge is 0.152 e. The molecule has 0 aromatic carbocycles. The first-order valence-corrected chi connectivity index (χ1v) is 6.06. The number of imidazole rings is 1. The number of furan rings is 1. The maximum absolute atomic E-state index is 5.76. The molecule has 0 fully saturated rings. The topological polar surface area (TPSA) is 67.8 Å². The first-order valence-electron chi connectivity index (χ1n) is 6.06. The van der Waals surface area contributed by atoms with Crippen LogP contribution in [0.3, 0.4) is 0 Å². The predicted octanol–water partition coefficient (Wildman–Crippen LogP) is 2.82. The van der Waals surface area contributed by atoms with E-state index >= 15 is 0 Å². The van der Waals surface area contributed by atoms with Crippen LogP contribution in [0.4, 0.5) is 0 Å². The summed E-state index contributed by atoms with van der Waals surface area (Å²) in [4.78, 5) is 7.69. The highest BCUT2D eigenvalue weighted by molar-refractivity contribution is 5.51. The van der Waals surface area contributed by atoms with Gasteiger partial charge in [0.05, 0.1) is 6.20 Å². The molecule has 92 valence electrons. The molecular weight excluding hydrogens is 214 g/mol. The molecule has 1 atom stereocenters. The molecular formula is C13H19N3O. The van der Waals surface area contributed by atoms with Crippen LogP contribution in [0, 0.1) is 6.92 Å². The van der Waals surface area contributed by atoms with E-state index in [1.54, 1.807) is 0 Å². The number of rotatable bonds is 5. The Labute approximate surface area is 101 Å². The molecule has 3 N–H and O–H groups in total. The van der Waals surface area contributed by atoms with Gasteiger partial charge in [-0.3, -0.25) is 0 Å². The van der Waals surface area contributed by atoms with Crippen LogP contribution in [0.15, 0.2) is 22.7 Å². The van der Waals surface area contributed by atoms with Crippen molar-refractivity contribution in [1.29, 1.82) is 0 Å². The highest BCUT2D eigenvalue weighted by Crippen LogP contribution is 2.23. The van der Waals surface area contributed by atoms with Crippen molar-refractivity contribution in [1.82, 2.24) is 9.97 Å². The van der Waals surface area contributed by atoms with Gasteiger partial charge >= 0.3 is 0 Å². The van der Waals surface area contributed by atoms with Crippen molar-refractivity contribution < 1.29 is 4.42 Å². The van der Waals surface area contributed by atoms with Crippen LogP contribution >= 0.6 is 0 Å². The van der Waals surface area contributed by atoms with Gasteiger partial charge in [0.25, 0.3) is 0 Å². The summed E-state index contributed by atoms with van der Waals surface area (Å²) in [6, 6.07) is 3.90. The van der Waals surface area contributed by atoms with Gasteiger partial charge in [-0.2, -0.15) is 0 Å². The number of hydrogen-bond donors (Lipinski definition) is 2. The zero-order valence-corrected chi connectivity index (χ0v) is 10.4. The summed E-state index contributed by atoms with van der Waals surface area (Å²) < 4.78 is 5.55. The Kier molecular flexibility index (Phi) is 3.64. The third-order valence-corrected chi connectivity index (χ3v) is 2.91. The number of aromatic amines is 1. The molecule has 2 rings (SSSR count). The van der Waals surface area contributed by atoms with Crippen LogP contribution in [-0.2, 0) is 0 Å². The molecule has 0 bridgehead atoms. The first-order chi connectivity index (χ1) is 8.24. The van der Waals surface area contributed by atoms with Crippen molar-refractivity contribution in [2.75, 3.05) is 6.54 Å². The minimum atomic E-state index is 0.310. The summed E-state index contributed by atoms with van der Waals surface area (Å²) in [6.45, 7) is 4.71. The quantitative estimate of drug-likeness (QED) is 0.834. The standard InChI is InChI=1S/C13H19N3O/c1-3-4-10(7-14)13-15-8-11(16-13)12-6-5-9(2)17-12/h5-6,8,10H,3-4,7,14H2,1-2H3,(H,15,16). The second-order valence-corrected chi connectivity index (χ2v) is 4.31. The molecule has 0 spiro atoms. The fourth-order valence-electron chi connectivity index (χ4n) is 1.96. The molecule has 4 heteroatoms. The van der Waals surface area contributed by atoms with Crippen molar-refractivity contribution in [3.05, 3.63) is 29.9 Å². The van der Waals surface area contributed by atoms with Crippen LogP contribution in [0.1, 0.15) is 37.3 Å². The lowest BCUT2D eigenvalue weighted by atomic mass is 10.0. The van der Waals surface area contributed by atoms with Gasteiger partial charge < -0.3 is 15.1 Å². The van der Waals surface area contributed by atoms with E-state index in [0.717, 1.165) is 35.9 Å². The highest BCUT2D eigenvalue weighted by Gasteiger charge is 2.14. The zero-order chi connectivity index (χ0) is 12.3. The average molecular weight is 233 g/mol. The maximum Gasteiger partial charge on any atom is 0.152 e. The Balaban J connectivity index is 2.20. The number of aryl methyl sites for hydroxylation is 1. The van der Waals surface area contributed by atoms with Gasteiger partial charge in [0, 0.05) is 12.5 Å². The second-order valence-electron chi connectivity index (χ2n) is 4.31.